The molecule has 0 aliphatic rings. The Balaban J connectivity index is 2.94. The summed E-state index contributed by atoms with van der Waals surface area (Å²) in [5.41, 5.74) is 2.53. The van der Waals surface area contributed by atoms with E-state index in [0.29, 0.717) is 5.56 Å². The smallest absolute Gasteiger partial charge is 0.102 e. The van der Waals surface area contributed by atoms with E-state index in [-0.39, 0.29) is 0 Å². The molecule has 0 bridgehead atoms. The maximum absolute atomic E-state index is 8.85. The monoisotopic (exact) mass is 174 g/mol. The van der Waals surface area contributed by atoms with E-state index in [1.807, 2.05) is 24.4 Å². The Morgan fingerprint density at radius 2 is 2.33 bits per heavy atom. The van der Waals surface area contributed by atoms with Crippen LogP contribution in [0.15, 0.2) is 17.5 Å². The fourth-order valence-electron chi connectivity index (χ4n) is 1.18. The zero-order valence-electron chi connectivity index (χ0n) is 6.53. The third kappa shape index (κ3) is 0.892. The third-order valence-corrected chi connectivity index (χ3v) is 2.50. The molecule has 0 spiro atoms. The highest BCUT2D eigenvalue weighted by atomic mass is 32.1. The fraction of sp³-hybridized carbons (Fsp3) is 0.111. The molecule has 2 rings (SSSR count). The van der Waals surface area contributed by atoms with Gasteiger partial charge >= 0.3 is 0 Å². The van der Waals surface area contributed by atoms with Crippen LogP contribution in [0.4, 0.5) is 0 Å². The van der Waals surface area contributed by atoms with Crippen molar-refractivity contribution < 1.29 is 0 Å². The lowest BCUT2D eigenvalue weighted by Gasteiger charge is -1.95. The Bertz CT molecular complexity index is 465. The summed E-state index contributed by atoms with van der Waals surface area (Å²) >= 11 is 1.39. The lowest BCUT2D eigenvalue weighted by molar-refractivity contribution is 1.41. The SMILES string of the molecule is Cc1ccc2csnc2c1C#N. The van der Waals surface area contributed by atoms with Crippen LogP contribution in [0.2, 0.25) is 0 Å². The van der Waals surface area contributed by atoms with Crippen molar-refractivity contribution in [3.63, 3.8) is 0 Å². The normalized spacial score (nSPS) is 10.0. The van der Waals surface area contributed by atoms with Crippen molar-refractivity contribution in [2.75, 3.05) is 0 Å². The molecule has 2 nitrogen and oxygen atoms in total. The first-order valence-corrected chi connectivity index (χ1v) is 4.40. The standard InChI is InChI=1S/C9H6N2S/c1-6-2-3-7-5-12-11-9(7)8(6)4-10/h2-3,5H,1H3. The number of nitriles is 1. The highest BCUT2D eigenvalue weighted by Crippen LogP contribution is 2.21. The molecule has 3 heteroatoms. The molecular weight excluding hydrogens is 168 g/mol. The number of rotatable bonds is 0. The second-order valence-electron chi connectivity index (χ2n) is 2.62. The average molecular weight is 174 g/mol. The van der Waals surface area contributed by atoms with Crippen molar-refractivity contribution in [1.82, 2.24) is 4.37 Å². The molecule has 0 aliphatic heterocycles. The minimum atomic E-state index is 0.703. The summed E-state index contributed by atoms with van der Waals surface area (Å²) in [4.78, 5) is 0. The summed E-state index contributed by atoms with van der Waals surface area (Å²) in [7, 11) is 0. The molecule has 0 atom stereocenters. The molecular formula is C9H6N2S. The Kier molecular flexibility index (Phi) is 1.56. The van der Waals surface area contributed by atoms with Gasteiger partial charge in [0.05, 0.1) is 5.56 Å². The van der Waals surface area contributed by atoms with Crippen LogP contribution in [0.25, 0.3) is 10.9 Å². The van der Waals surface area contributed by atoms with Gasteiger partial charge in [-0.2, -0.15) is 9.64 Å². The van der Waals surface area contributed by atoms with Gasteiger partial charge in [-0.25, -0.2) is 0 Å². The van der Waals surface area contributed by atoms with Gasteiger partial charge in [-0.15, -0.1) is 0 Å². The van der Waals surface area contributed by atoms with Crippen LogP contribution in [-0.2, 0) is 0 Å². The Morgan fingerprint density at radius 1 is 1.50 bits per heavy atom. The van der Waals surface area contributed by atoms with E-state index in [2.05, 4.69) is 10.4 Å². The molecule has 1 heterocycles. The van der Waals surface area contributed by atoms with Gasteiger partial charge in [0.1, 0.15) is 11.6 Å². The quantitative estimate of drug-likeness (QED) is 0.615. The molecule has 12 heavy (non-hydrogen) atoms. The molecule has 0 amide bonds. The largest absolute Gasteiger partial charge is 0.192 e. The first kappa shape index (κ1) is 7.26. The van der Waals surface area contributed by atoms with Crippen molar-refractivity contribution in [2.45, 2.75) is 6.92 Å². The average Bonchev–Trinajstić information content (AvgIpc) is 2.52. The number of hydrogen-bond acceptors (Lipinski definition) is 3. The zero-order chi connectivity index (χ0) is 8.55. The van der Waals surface area contributed by atoms with Crippen molar-refractivity contribution in [3.8, 4) is 6.07 Å². The maximum atomic E-state index is 8.85. The van der Waals surface area contributed by atoms with Crippen LogP contribution in [0.5, 0.6) is 0 Å². The molecule has 58 valence electrons. The summed E-state index contributed by atoms with van der Waals surface area (Å²) in [5, 5.41) is 11.9. The van der Waals surface area contributed by atoms with Crippen LogP contribution >= 0.6 is 11.5 Å². The molecule has 0 saturated heterocycles. The predicted molar refractivity (Wildman–Crippen MR) is 49.1 cm³/mol. The van der Waals surface area contributed by atoms with E-state index in [4.69, 9.17) is 5.26 Å². The molecule has 0 saturated carbocycles. The Hall–Kier alpha value is -1.40. The number of hydrogen-bond donors (Lipinski definition) is 0. The van der Waals surface area contributed by atoms with Crippen molar-refractivity contribution in [1.29, 1.82) is 5.26 Å². The highest BCUT2D eigenvalue weighted by Gasteiger charge is 2.05. The van der Waals surface area contributed by atoms with Gasteiger partial charge in [0, 0.05) is 10.8 Å². The van der Waals surface area contributed by atoms with Gasteiger partial charge in [0.2, 0.25) is 0 Å². The van der Waals surface area contributed by atoms with Crippen molar-refractivity contribution in [2.24, 2.45) is 0 Å². The Morgan fingerprint density at radius 3 is 3.08 bits per heavy atom. The summed E-state index contributed by atoms with van der Waals surface area (Å²) in [6.45, 7) is 1.93. The second kappa shape index (κ2) is 2.58. The summed E-state index contributed by atoms with van der Waals surface area (Å²) in [6, 6.07) is 6.12. The first-order chi connectivity index (χ1) is 5.83. The fourth-order valence-corrected chi connectivity index (χ4v) is 1.84. The highest BCUT2D eigenvalue weighted by molar-refractivity contribution is 7.04. The molecule has 1 aromatic carbocycles. The molecule has 0 radical (unpaired) electrons. The zero-order valence-corrected chi connectivity index (χ0v) is 7.35. The second-order valence-corrected chi connectivity index (χ2v) is 3.25. The van der Waals surface area contributed by atoms with Crippen LogP contribution in [0.3, 0.4) is 0 Å². The topological polar surface area (TPSA) is 36.7 Å². The molecule has 1 aromatic heterocycles. The minimum absolute atomic E-state index is 0.703. The number of aryl methyl sites for hydroxylation is 1. The summed E-state index contributed by atoms with van der Waals surface area (Å²) in [6.07, 6.45) is 0. The molecule has 0 N–H and O–H groups in total. The molecule has 0 aliphatic carbocycles. The van der Waals surface area contributed by atoms with Gasteiger partial charge in [-0.05, 0) is 24.0 Å². The minimum Gasteiger partial charge on any atom is -0.192 e. The lowest BCUT2D eigenvalue weighted by Crippen LogP contribution is -1.82. The van der Waals surface area contributed by atoms with Gasteiger partial charge in [0.25, 0.3) is 0 Å². The molecule has 0 unspecified atom stereocenters. The summed E-state index contributed by atoms with van der Waals surface area (Å²) in [5.74, 6) is 0. The van der Waals surface area contributed by atoms with Crippen LogP contribution in [0.1, 0.15) is 11.1 Å². The number of benzene rings is 1. The van der Waals surface area contributed by atoms with Crippen LogP contribution < -0.4 is 0 Å². The van der Waals surface area contributed by atoms with Crippen molar-refractivity contribution >= 4 is 22.4 Å². The number of nitrogens with zero attached hydrogens (tertiary/aromatic N) is 2. The van der Waals surface area contributed by atoms with E-state index in [0.717, 1.165) is 16.5 Å². The third-order valence-electron chi connectivity index (χ3n) is 1.85. The van der Waals surface area contributed by atoms with E-state index in [1.165, 1.54) is 11.5 Å². The van der Waals surface area contributed by atoms with E-state index < -0.39 is 0 Å². The van der Waals surface area contributed by atoms with Crippen LogP contribution in [0, 0.1) is 18.3 Å². The predicted octanol–water partition coefficient (Wildman–Crippen LogP) is 2.48. The maximum Gasteiger partial charge on any atom is 0.102 e. The van der Waals surface area contributed by atoms with Gasteiger partial charge in [-0.1, -0.05) is 12.1 Å². The van der Waals surface area contributed by atoms with Gasteiger partial charge in [-0.3, -0.25) is 0 Å². The van der Waals surface area contributed by atoms with Gasteiger partial charge < -0.3 is 0 Å². The molecule has 2 aromatic rings. The van der Waals surface area contributed by atoms with Crippen molar-refractivity contribution in [3.05, 3.63) is 28.6 Å². The number of aromatic nitrogens is 1. The molecule has 0 fully saturated rings. The van der Waals surface area contributed by atoms with E-state index in [1.54, 1.807) is 0 Å². The van der Waals surface area contributed by atoms with E-state index in [9.17, 15) is 0 Å². The van der Waals surface area contributed by atoms with E-state index >= 15 is 0 Å². The lowest BCUT2D eigenvalue weighted by atomic mass is 10.1. The first-order valence-electron chi connectivity index (χ1n) is 3.56. The Labute approximate surface area is 74.2 Å². The number of fused-ring (bicyclic) bond motifs is 1. The van der Waals surface area contributed by atoms with Gasteiger partial charge in [0.15, 0.2) is 0 Å². The summed E-state index contributed by atoms with van der Waals surface area (Å²) < 4.78 is 4.17. The van der Waals surface area contributed by atoms with Crippen LogP contribution in [-0.4, -0.2) is 4.37 Å².